The maximum Gasteiger partial charge on any atom is 0.339 e. The van der Waals surface area contributed by atoms with Gasteiger partial charge in [-0.05, 0) is 43.3 Å². The van der Waals surface area contributed by atoms with E-state index in [4.69, 9.17) is 14.6 Å². The second-order valence-electron chi connectivity index (χ2n) is 5.84. The molecule has 2 rings (SSSR count). The minimum atomic E-state index is -1.22. The summed E-state index contributed by atoms with van der Waals surface area (Å²) in [5.74, 6) is -2.12. The molecule has 26 heavy (non-hydrogen) atoms. The Balaban J connectivity index is 2.10. The van der Waals surface area contributed by atoms with Gasteiger partial charge in [0.25, 0.3) is 0 Å². The zero-order chi connectivity index (χ0) is 19.3. The number of benzene rings is 2. The lowest BCUT2D eigenvalue weighted by Crippen LogP contribution is -2.29. The van der Waals surface area contributed by atoms with Crippen LogP contribution in [0.3, 0.4) is 0 Å². The standard InChI is InChI=1S/C20H20O6/c1-12(18(21)14-8-10-15(25-3)11-9-14)13(2)26-20(24)17-7-5-4-6-16(17)19(22)23/h4-13H,1-3H3,(H,22,23)/t12-,13-/m1/s1. The van der Waals surface area contributed by atoms with E-state index in [9.17, 15) is 14.4 Å². The summed E-state index contributed by atoms with van der Waals surface area (Å²) in [6.45, 7) is 3.26. The van der Waals surface area contributed by atoms with Crippen molar-refractivity contribution in [3.63, 3.8) is 0 Å². The molecule has 6 nitrogen and oxygen atoms in total. The van der Waals surface area contributed by atoms with Crippen molar-refractivity contribution >= 4 is 17.7 Å². The van der Waals surface area contributed by atoms with E-state index in [1.807, 2.05) is 0 Å². The lowest BCUT2D eigenvalue weighted by molar-refractivity contribution is 0.0219. The van der Waals surface area contributed by atoms with Crippen LogP contribution in [0, 0.1) is 5.92 Å². The SMILES string of the molecule is COc1ccc(C(=O)[C@H](C)[C@@H](C)OC(=O)c2ccccc2C(=O)O)cc1. The second-order valence-corrected chi connectivity index (χ2v) is 5.84. The number of ketones is 1. The average Bonchev–Trinajstić information content (AvgIpc) is 2.66. The van der Waals surface area contributed by atoms with E-state index in [0.717, 1.165) is 0 Å². The molecule has 0 amide bonds. The zero-order valence-electron chi connectivity index (χ0n) is 14.8. The molecular weight excluding hydrogens is 336 g/mol. The van der Waals surface area contributed by atoms with Gasteiger partial charge in [0.1, 0.15) is 11.9 Å². The van der Waals surface area contributed by atoms with Gasteiger partial charge in [-0.25, -0.2) is 9.59 Å². The smallest absolute Gasteiger partial charge is 0.339 e. The molecule has 6 heteroatoms. The quantitative estimate of drug-likeness (QED) is 0.604. The van der Waals surface area contributed by atoms with Gasteiger partial charge < -0.3 is 14.6 Å². The van der Waals surface area contributed by atoms with Crippen molar-refractivity contribution in [3.05, 3.63) is 65.2 Å². The first-order chi connectivity index (χ1) is 12.3. The van der Waals surface area contributed by atoms with Crippen LogP contribution in [0.25, 0.3) is 0 Å². The van der Waals surface area contributed by atoms with Crippen LogP contribution < -0.4 is 4.74 Å². The Morgan fingerprint density at radius 1 is 0.923 bits per heavy atom. The molecule has 0 spiro atoms. The summed E-state index contributed by atoms with van der Waals surface area (Å²) < 4.78 is 10.4. The van der Waals surface area contributed by atoms with Crippen molar-refractivity contribution in [2.75, 3.05) is 7.11 Å². The number of carbonyl (C=O) groups is 3. The molecule has 0 radical (unpaired) electrons. The van der Waals surface area contributed by atoms with Crippen molar-refractivity contribution in [2.45, 2.75) is 20.0 Å². The van der Waals surface area contributed by atoms with E-state index in [0.29, 0.717) is 11.3 Å². The summed E-state index contributed by atoms with van der Waals surface area (Å²) in [7, 11) is 1.54. The predicted octanol–water partition coefficient (Wildman–Crippen LogP) is 3.46. The molecule has 2 aromatic carbocycles. The van der Waals surface area contributed by atoms with Crippen molar-refractivity contribution < 1.29 is 29.0 Å². The number of carboxylic acids is 1. The predicted molar refractivity (Wildman–Crippen MR) is 94.8 cm³/mol. The molecule has 136 valence electrons. The lowest BCUT2D eigenvalue weighted by Gasteiger charge is -2.20. The molecule has 0 fully saturated rings. The summed E-state index contributed by atoms with van der Waals surface area (Å²) in [6, 6.07) is 12.4. The van der Waals surface area contributed by atoms with Crippen LogP contribution in [-0.2, 0) is 4.74 Å². The van der Waals surface area contributed by atoms with E-state index < -0.39 is 24.0 Å². The Hall–Kier alpha value is -3.15. The van der Waals surface area contributed by atoms with Crippen LogP contribution in [-0.4, -0.2) is 36.0 Å². The Bertz CT molecular complexity index is 809. The van der Waals surface area contributed by atoms with Gasteiger partial charge in [0.15, 0.2) is 5.78 Å². The topological polar surface area (TPSA) is 89.9 Å². The first-order valence-electron chi connectivity index (χ1n) is 8.06. The van der Waals surface area contributed by atoms with Crippen molar-refractivity contribution in [1.29, 1.82) is 0 Å². The molecule has 0 aliphatic carbocycles. The molecule has 0 saturated carbocycles. The van der Waals surface area contributed by atoms with Gasteiger partial charge in [-0.15, -0.1) is 0 Å². The third-order valence-corrected chi connectivity index (χ3v) is 4.16. The van der Waals surface area contributed by atoms with E-state index in [-0.39, 0.29) is 16.9 Å². The highest BCUT2D eigenvalue weighted by Gasteiger charge is 2.26. The van der Waals surface area contributed by atoms with Crippen LogP contribution in [0.4, 0.5) is 0 Å². The first-order valence-corrected chi connectivity index (χ1v) is 8.06. The van der Waals surface area contributed by atoms with Gasteiger partial charge in [-0.2, -0.15) is 0 Å². The van der Waals surface area contributed by atoms with Crippen molar-refractivity contribution in [1.82, 2.24) is 0 Å². The largest absolute Gasteiger partial charge is 0.497 e. The fourth-order valence-corrected chi connectivity index (χ4v) is 2.41. The highest BCUT2D eigenvalue weighted by molar-refractivity contribution is 6.03. The highest BCUT2D eigenvalue weighted by Crippen LogP contribution is 2.20. The fourth-order valence-electron chi connectivity index (χ4n) is 2.41. The third-order valence-electron chi connectivity index (χ3n) is 4.16. The summed E-state index contributed by atoms with van der Waals surface area (Å²) in [5.41, 5.74) is 0.293. The van der Waals surface area contributed by atoms with Crippen LogP contribution in [0.5, 0.6) is 5.75 Å². The van der Waals surface area contributed by atoms with Crippen molar-refractivity contribution in [3.8, 4) is 5.75 Å². The zero-order valence-corrected chi connectivity index (χ0v) is 14.8. The number of esters is 1. The van der Waals surface area contributed by atoms with Gasteiger partial charge in [-0.3, -0.25) is 4.79 Å². The Morgan fingerprint density at radius 3 is 2.04 bits per heavy atom. The summed E-state index contributed by atoms with van der Waals surface area (Å²) in [6.07, 6.45) is -0.723. The molecule has 0 saturated heterocycles. The first kappa shape index (κ1) is 19.2. The molecule has 0 aliphatic rings. The summed E-state index contributed by atoms with van der Waals surface area (Å²) >= 11 is 0. The lowest BCUT2D eigenvalue weighted by atomic mass is 9.95. The Labute approximate surface area is 151 Å². The van der Waals surface area contributed by atoms with Crippen LogP contribution >= 0.6 is 0 Å². The minimum Gasteiger partial charge on any atom is -0.497 e. The number of carboxylic acid groups (broad SMARTS) is 1. The van der Waals surface area contributed by atoms with Crippen LogP contribution in [0.15, 0.2) is 48.5 Å². The number of hydrogen-bond donors (Lipinski definition) is 1. The van der Waals surface area contributed by atoms with Gasteiger partial charge in [0, 0.05) is 5.56 Å². The van der Waals surface area contributed by atoms with Gasteiger partial charge >= 0.3 is 11.9 Å². The maximum atomic E-state index is 12.6. The number of carbonyl (C=O) groups excluding carboxylic acids is 2. The number of methoxy groups -OCH3 is 1. The molecule has 2 aromatic rings. The molecule has 0 bridgehead atoms. The van der Waals surface area contributed by atoms with E-state index >= 15 is 0 Å². The molecule has 2 atom stereocenters. The minimum absolute atomic E-state index is 0.0454. The fraction of sp³-hybridized carbons (Fsp3) is 0.250. The van der Waals surface area contributed by atoms with E-state index in [2.05, 4.69) is 0 Å². The number of hydrogen-bond acceptors (Lipinski definition) is 5. The summed E-state index contributed by atoms with van der Waals surface area (Å²) in [4.78, 5) is 36.1. The van der Waals surface area contributed by atoms with Gasteiger partial charge in [-0.1, -0.05) is 19.1 Å². The highest BCUT2D eigenvalue weighted by atomic mass is 16.5. The normalized spacial score (nSPS) is 12.7. The van der Waals surface area contributed by atoms with Crippen LogP contribution in [0.2, 0.25) is 0 Å². The third kappa shape index (κ3) is 4.27. The van der Waals surface area contributed by atoms with Crippen LogP contribution in [0.1, 0.15) is 44.9 Å². The molecule has 0 heterocycles. The Kier molecular flexibility index (Phi) is 6.11. The van der Waals surface area contributed by atoms with E-state index in [1.165, 1.54) is 25.3 Å². The maximum absolute atomic E-state index is 12.6. The van der Waals surface area contributed by atoms with Gasteiger partial charge in [0.2, 0.25) is 0 Å². The summed E-state index contributed by atoms with van der Waals surface area (Å²) in [5, 5.41) is 9.17. The number of aromatic carboxylic acids is 1. The monoisotopic (exact) mass is 356 g/mol. The molecule has 1 N–H and O–H groups in total. The molecular formula is C20H20O6. The van der Waals surface area contributed by atoms with Gasteiger partial charge in [0.05, 0.1) is 24.2 Å². The van der Waals surface area contributed by atoms with Crippen molar-refractivity contribution in [2.24, 2.45) is 5.92 Å². The molecule has 0 aliphatic heterocycles. The number of ether oxygens (including phenoxy) is 2. The molecule has 0 unspecified atom stereocenters. The number of rotatable bonds is 7. The second kappa shape index (κ2) is 8.29. The van der Waals surface area contributed by atoms with E-state index in [1.54, 1.807) is 44.2 Å². The Morgan fingerprint density at radius 2 is 1.50 bits per heavy atom. The number of Topliss-reactive ketones (excluding diaryl/α,β-unsaturated/α-hetero) is 1. The molecule has 0 aromatic heterocycles. The average molecular weight is 356 g/mol.